The van der Waals surface area contributed by atoms with Gasteiger partial charge in [-0.3, -0.25) is 9.36 Å². The molecule has 42 heavy (non-hydrogen) atoms. The van der Waals surface area contributed by atoms with Crippen LogP contribution in [0.5, 0.6) is 5.75 Å². The molecule has 1 aromatic heterocycles. The van der Waals surface area contributed by atoms with E-state index in [1.54, 1.807) is 18.4 Å². The second-order valence-electron chi connectivity index (χ2n) is 9.89. The number of benzene rings is 3. The minimum atomic E-state index is -0.653. The minimum absolute atomic E-state index is 0.221. The molecule has 0 saturated heterocycles. The number of thiazole rings is 1. The summed E-state index contributed by atoms with van der Waals surface area (Å²) in [6.07, 6.45) is 1.84. The lowest BCUT2D eigenvalue weighted by Gasteiger charge is -2.25. The van der Waals surface area contributed by atoms with E-state index in [0.717, 1.165) is 31.3 Å². The maximum absolute atomic E-state index is 13.9. The highest BCUT2D eigenvalue weighted by Gasteiger charge is 2.33. The van der Waals surface area contributed by atoms with Crippen LogP contribution < -0.4 is 24.5 Å². The number of allylic oxidation sites excluding steroid dienone is 1. The first-order chi connectivity index (χ1) is 20.2. The van der Waals surface area contributed by atoms with Crippen molar-refractivity contribution < 1.29 is 14.3 Å². The van der Waals surface area contributed by atoms with E-state index >= 15 is 0 Å². The van der Waals surface area contributed by atoms with Crippen LogP contribution in [0.15, 0.2) is 96.7 Å². The van der Waals surface area contributed by atoms with Crippen molar-refractivity contribution in [2.75, 3.05) is 25.6 Å². The highest BCUT2D eigenvalue weighted by Crippen LogP contribution is 2.32. The van der Waals surface area contributed by atoms with Gasteiger partial charge in [0.05, 0.1) is 32.9 Å². The molecule has 1 aliphatic rings. The van der Waals surface area contributed by atoms with Crippen molar-refractivity contribution in [1.29, 1.82) is 0 Å². The number of carbonyl (C=O) groups excluding carboxylic acids is 1. The van der Waals surface area contributed by atoms with Crippen LogP contribution in [0.3, 0.4) is 0 Å². The fourth-order valence-electron chi connectivity index (χ4n) is 4.68. The third kappa shape index (κ3) is 6.30. The van der Waals surface area contributed by atoms with Crippen LogP contribution in [0.2, 0.25) is 0 Å². The van der Waals surface area contributed by atoms with E-state index in [1.807, 2.05) is 91.8 Å². The summed E-state index contributed by atoms with van der Waals surface area (Å²) in [5.74, 6) is 0.227. The molecule has 0 N–H and O–H groups in total. The SMILES string of the molecule is CCOC(=O)C1=C(C)N=c2s/c(=C\c3ccc(OCc4ccc(Br)cc4)c(Br)c3)c(=O)n2[C@H]1c1ccc(N(C)C)cc1. The molecular formula is C32H29Br2N3O4S. The Balaban J connectivity index is 1.52. The Morgan fingerprint density at radius 1 is 1.07 bits per heavy atom. The molecule has 0 fully saturated rings. The van der Waals surface area contributed by atoms with Crippen molar-refractivity contribution in [3.8, 4) is 5.75 Å². The second-order valence-corrected chi connectivity index (χ2v) is 12.7. The van der Waals surface area contributed by atoms with Crippen molar-refractivity contribution in [2.24, 2.45) is 4.99 Å². The minimum Gasteiger partial charge on any atom is -0.488 e. The summed E-state index contributed by atoms with van der Waals surface area (Å²) in [7, 11) is 3.93. The van der Waals surface area contributed by atoms with Crippen molar-refractivity contribution in [1.82, 2.24) is 4.57 Å². The number of aromatic nitrogens is 1. The zero-order chi connectivity index (χ0) is 30.0. The number of rotatable bonds is 8. The summed E-state index contributed by atoms with van der Waals surface area (Å²) in [5, 5.41) is 0. The van der Waals surface area contributed by atoms with Crippen LogP contribution in [0.1, 0.15) is 36.6 Å². The predicted molar refractivity (Wildman–Crippen MR) is 174 cm³/mol. The van der Waals surface area contributed by atoms with Gasteiger partial charge in [-0.1, -0.05) is 57.6 Å². The van der Waals surface area contributed by atoms with Crippen LogP contribution >= 0.6 is 43.2 Å². The van der Waals surface area contributed by atoms with E-state index in [4.69, 9.17) is 9.47 Å². The molecule has 0 amide bonds. The van der Waals surface area contributed by atoms with Gasteiger partial charge >= 0.3 is 5.97 Å². The third-order valence-electron chi connectivity index (χ3n) is 6.80. The Hall–Kier alpha value is -3.47. The highest BCUT2D eigenvalue weighted by atomic mass is 79.9. The Morgan fingerprint density at radius 3 is 2.43 bits per heavy atom. The molecule has 4 aromatic rings. The van der Waals surface area contributed by atoms with Gasteiger partial charge in [0, 0.05) is 24.3 Å². The zero-order valence-electron chi connectivity index (χ0n) is 23.6. The number of hydrogen-bond acceptors (Lipinski definition) is 7. The number of nitrogens with zero attached hydrogens (tertiary/aromatic N) is 3. The predicted octanol–water partition coefficient (Wildman–Crippen LogP) is 5.97. The normalized spacial score (nSPS) is 14.8. The molecule has 0 spiro atoms. The van der Waals surface area contributed by atoms with Gasteiger partial charge in [0.1, 0.15) is 12.4 Å². The first kappa shape index (κ1) is 30.0. The summed E-state index contributed by atoms with van der Waals surface area (Å²) < 4.78 is 15.3. The molecule has 3 aromatic carbocycles. The van der Waals surface area contributed by atoms with Gasteiger partial charge in [-0.2, -0.15) is 0 Å². The molecular weight excluding hydrogens is 682 g/mol. The number of carbonyl (C=O) groups is 1. The highest BCUT2D eigenvalue weighted by molar-refractivity contribution is 9.10. The number of fused-ring (bicyclic) bond motifs is 1. The van der Waals surface area contributed by atoms with Gasteiger partial charge in [-0.25, -0.2) is 9.79 Å². The smallest absolute Gasteiger partial charge is 0.338 e. The number of ether oxygens (including phenoxy) is 2. The largest absolute Gasteiger partial charge is 0.488 e. The molecule has 10 heteroatoms. The average Bonchev–Trinajstić information content (AvgIpc) is 3.26. The van der Waals surface area contributed by atoms with Gasteiger partial charge < -0.3 is 14.4 Å². The van der Waals surface area contributed by atoms with Crippen molar-refractivity contribution in [3.63, 3.8) is 0 Å². The van der Waals surface area contributed by atoms with E-state index < -0.39 is 12.0 Å². The first-order valence-electron chi connectivity index (χ1n) is 13.3. The third-order valence-corrected chi connectivity index (χ3v) is 8.93. The Bertz CT molecular complexity index is 1840. The van der Waals surface area contributed by atoms with Crippen LogP contribution in [0, 0.1) is 0 Å². The summed E-state index contributed by atoms with van der Waals surface area (Å²) in [6, 6.07) is 20.9. The van der Waals surface area contributed by atoms with Crippen LogP contribution in [0.4, 0.5) is 5.69 Å². The molecule has 2 heterocycles. The van der Waals surface area contributed by atoms with E-state index in [0.29, 0.717) is 33.0 Å². The molecule has 0 saturated carbocycles. The molecule has 1 atom stereocenters. The van der Waals surface area contributed by atoms with Crippen LogP contribution in [0.25, 0.3) is 6.08 Å². The van der Waals surface area contributed by atoms with Gasteiger partial charge in [0.25, 0.3) is 5.56 Å². The molecule has 5 rings (SSSR count). The summed E-state index contributed by atoms with van der Waals surface area (Å²) >= 11 is 8.35. The van der Waals surface area contributed by atoms with E-state index in [-0.39, 0.29) is 12.2 Å². The zero-order valence-corrected chi connectivity index (χ0v) is 27.5. The van der Waals surface area contributed by atoms with E-state index in [9.17, 15) is 9.59 Å². The summed E-state index contributed by atoms with van der Waals surface area (Å²) in [6.45, 7) is 4.21. The molecule has 0 aliphatic carbocycles. The monoisotopic (exact) mass is 709 g/mol. The molecule has 0 unspecified atom stereocenters. The van der Waals surface area contributed by atoms with Gasteiger partial charge in [-0.15, -0.1) is 0 Å². The van der Waals surface area contributed by atoms with Crippen LogP contribution in [-0.2, 0) is 16.1 Å². The summed E-state index contributed by atoms with van der Waals surface area (Å²) in [5.41, 5.74) is 4.39. The topological polar surface area (TPSA) is 73.1 Å². The van der Waals surface area contributed by atoms with Gasteiger partial charge in [0.2, 0.25) is 0 Å². The fraction of sp³-hybridized carbons (Fsp3) is 0.219. The number of halogens is 2. The maximum atomic E-state index is 13.9. The Kier molecular flexibility index (Phi) is 9.15. The van der Waals surface area contributed by atoms with Crippen LogP contribution in [-0.4, -0.2) is 31.2 Å². The lowest BCUT2D eigenvalue weighted by molar-refractivity contribution is -0.139. The second kappa shape index (κ2) is 12.8. The number of esters is 1. The Morgan fingerprint density at radius 2 is 1.79 bits per heavy atom. The lowest BCUT2D eigenvalue weighted by atomic mass is 9.95. The van der Waals surface area contributed by atoms with Gasteiger partial charge in [0.15, 0.2) is 4.80 Å². The Labute approximate surface area is 264 Å². The number of anilines is 1. The van der Waals surface area contributed by atoms with Crippen molar-refractivity contribution in [2.45, 2.75) is 26.5 Å². The average molecular weight is 711 g/mol. The first-order valence-corrected chi connectivity index (χ1v) is 15.7. The standard InChI is InChI=1S/C32H29Br2N3O4S/c1-5-40-31(39)28-19(2)35-32-37(29(28)22-9-13-24(14-10-22)36(3)4)30(38)27(42-32)17-21-8-15-26(25(34)16-21)41-18-20-6-11-23(33)12-7-20/h6-17,29H,5,18H2,1-4H3/b27-17-/t29-/m0/s1. The van der Waals surface area contributed by atoms with E-state index in [2.05, 4.69) is 36.9 Å². The quantitative estimate of drug-likeness (QED) is 0.211. The van der Waals surface area contributed by atoms with Crippen molar-refractivity contribution in [3.05, 3.63) is 123 Å². The van der Waals surface area contributed by atoms with E-state index in [1.165, 1.54) is 11.3 Å². The van der Waals surface area contributed by atoms with Gasteiger partial charge in [-0.05, 0) is 88.9 Å². The molecule has 0 bridgehead atoms. The number of hydrogen-bond donors (Lipinski definition) is 0. The molecule has 7 nitrogen and oxygen atoms in total. The summed E-state index contributed by atoms with van der Waals surface area (Å²) in [4.78, 5) is 34.2. The maximum Gasteiger partial charge on any atom is 0.338 e. The molecule has 1 aliphatic heterocycles. The molecule has 216 valence electrons. The lowest BCUT2D eigenvalue weighted by Crippen LogP contribution is -2.39. The molecule has 0 radical (unpaired) electrons. The fourth-order valence-corrected chi connectivity index (χ4v) is 6.50. The van der Waals surface area contributed by atoms with Crippen molar-refractivity contribution >= 4 is 60.9 Å².